The number of hydrogen-bond acceptors (Lipinski definition) is 2. The van der Waals surface area contributed by atoms with E-state index in [1.807, 2.05) is 13.0 Å². The largest absolute Gasteiger partial charge is 0.477 e. The number of allylic oxidation sites excluding steroid dienone is 1. The minimum absolute atomic E-state index is 0.0699. The van der Waals surface area contributed by atoms with Gasteiger partial charge in [-0.05, 0) is 77.0 Å². The monoisotopic (exact) mass is 363 g/mol. The number of carbonyl (C=O) groups is 1. The van der Waals surface area contributed by atoms with Crippen LogP contribution in [0.15, 0.2) is 30.5 Å². The van der Waals surface area contributed by atoms with E-state index in [0.29, 0.717) is 0 Å². The van der Waals surface area contributed by atoms with E-state index in [2.05, 4.69) is 57.8 Å². The fraction of sp³-hybridized carbons (Fsp3) is 0.417. The van der Waals surface area contributed by atoms with Crippen LogP contribution in [0.5, 0.6) is 0 Å². The summed E-state index contributed by atoms with van der Waals surface area (Å²) in [6.45, 7) is 13.6. The van der Waals surface area contributed by atoms with Crippen molar-refractivity contribution in [3.63, 3.8) is 0 Å². The molecule has 1 aliphatic carbocycles. The Morgan fingerprint density at radius 1 is 1.07 bits per heavy atom. The van der Waals surface area contributed by atoms with Gasteiger partial charge in [0.1, 0.15) is 5.69 Å². The number of fused-ring (bicyclic) bond motifs is 1. The minimum Gasteiger partial charge on any atom is -0.477 e. The third-order valence-electron chi connectivity index (χ3n) is 6.05. The summed E-state index contributed by atoms with van der Waals surface area (Å²) in [6, 6.07) is 8.10. The molecule has 1 aliphatic rings. The van der Waals surface area contributed by atoms with Gasteiger partial charge in [0.05, 0.1) is 0 Å². The van der Waals surface area contributed by atoms with Crippen LogP contribution in [0.25, 0.3) is 11.6 Å². The fourth-order valence-corrected chi connectivity index (χ4v) is 3.96. The number of rotatable bonds is 3. The summed E-state index contributed by atoms with van der Waals surface area (Å²) in [5.41, 5.74) is 7.89. The Morgan fingerprint density at radius 2 is 1.67 bits per heavy atom. The normalized spacial score (nSPS) is 18.1. The molecule has 0 amide bonds. The first kappa shape index (κ1) is 19.3. The number of aryl methyl sites for hydroxylation is 1. The second-order valence-corrected chi connectivity index (χ2v) is 9.09. The zero-order valence-electron chi connectivity index (χ0n) is 17.2. The Morgan fingerprint density at radius 3 is 2.19 bits per heavy atom. The minimum atomic E-state index is -1.00. The predicted molar refractivity (Wildman–Crippen MR) is 111 cm³/mol. The highest BCUT2D eigenvalue weighted by molar-refractivity contribution is 5.86. The topological polar surface area (TPSA) is 50.2 Å². The van der Waals surface area contributed by atoms with Crippen LogP contribution in [0.2, 0.25) is 0 Å². The van der Waals surface area contributed by atoms with E-state index >= 15 is 0 Å². The van der Waals surface area contributed by atoms with Crippen LogP contribution in [-0.4, -0.2) is 16.1 Å². The molecule has 0 spiro atoms. The molecule has 0 atom stereocenters. The molecule has 2 aromatic rings. The first-order valence-corrected chi connectivity index (χ1v) is 9.55. The first-order chi connectivity index (χ1) is 12.5. The van der Waals surface area contributed by atoms with Gasteiger partial charge in [0.15, 0.2) is 0 Å². The second-order valence-electron chi connectivity index (χ2n) is 9.09. The summed E-state index contributed by atoms with van der Waals surface area (Å²) in [7, 11) is 0. The van der Waals surface area contributed by atoms with Crippen LogP contribution in [0.4, 0.5) is 0 Å². The van der Waals surface area contributed by atoms with Crippen molar-refractivity contribution >= 4 is 17.6 Å². The lowest BCUT2D eigenvalue weighted by Gasteiger charge is -2.42. The average Bonchev–Trinajstić information content (AvgIpc) is 2.60. The zero-order valence-corrected chi connectivity index (χ0v) is 17.2. The Kier molecular flexibility index (Phi) is 4.75. The van der Waals surface area contributed by atoms with E-state index in [9.17, 15) is 4.79 Å². The third-order valence-corrected chi connectivity index (χ3v) is 6.05. The van der Waals surface area contributed by atoms with Crippen LogP contribution in [0, 0.1) is 6.92 Å². The molecule has 1 N–H and O–H groups in total. The number of carboxylic acid groups (broad SMARTS) is 1. The molecule has 0 bridgehead atoms. The van der Waals surface area contributed by atoms with Gasteiger partial charge < -0.3 is 5.11 Å². The van der Waals surface area contributed by atoms with Gasteiger partial charge >= 0.3 is 5.97 Å². The number of benzene rings is 1. The highest BCUT2D eigenvalue weighted by Gasteiger charge is 2.37. The van der Waals surface area contributed by atoms with E-state index in [0.717, 1.165) is 11.1 Å². The Labute approximate surface area is 162 Å². The molecule has 1 heterocycles. The predicted octanol–water partition coefficient (Wildman–Crippen LogP) is 6.00. The molecular formula is C24H29NO2. The molecule has 0 unspecified atom stereocenters. The van der Waals surface area contributed by atoms with Crippen LogP contribution in [-0.2, 0) is 10.8 Å². The molecule has 0 fully saturated rings. The summed E-state index contributed by atoms with van der Waals surface area (Å²) in [4.78, 5) is 15.0. The third kappa shape index (κ3) is 3.69. The van der Waals surface area contributed by atoms with Crippen LogP contribution in [0.3, 0.4) is 0 Å². The van der Waals surface area contributed by atoms with Gasteiger partial charge in [0, 0.05) is 6.20 Å². The molecule has 3 rings (SSSR count). The summed E-state index contributed by atoms with van der Waals surface area (Å²) < 4.78 is 0. The fourth-order valence-electron chi connectivity index (χ4n) is 3.96. The molecule has 142 valence electrons. The summed E-state index contributed by atoms with van der Waals surface area (Å²) in [5, 5.41) is 9.01. The number of carboxylic acids is 1. The van der Waals surface area contributed by atoms with Crippen molar-refractivity contribution < 1.29 is 9.90 Å². The molecule has 3 nitrogen and oxygen atoms in total. The smallest absolute Gasteiger partial charge is 0.354 e. The van der Waals surface area contributed by atoms with E-state index < -0.39 is 5.97 Å². The van der Waals surface area contributed by atoms with Gasteiger partial charge in [-0.25, -0.2) is 9.78 Å². The van der Waals surface area contributed by atoms with Gasteiger partial charge in [-0.2, -0.15) is 0 Å². The number of aromatic nitrogens is 1. The number of pyridine rings is 1. The summed E-state index contributed by atoms with van der Waals surface area (Å²) >= 11 is 0. The van der Waals surface area contributed by atoms with Gasteiger partial charge in [0.2, 0.25) is 0 Å². The molecule has 0 saturated carbocycles. The summed E-state index contributed by atoms with van der Waals surface area (Å²) in [6.07, 6.45) is 6.22. The van der Waals surface area contributed by atoms with Crippen molar-refractivity contribution in [1.82, 2.24) is 4.98 Å². The molecule has 1 aromatic heterocycles. The maximum Gasteiger partial charge on any atom is 0.354 e. The lowest BCUT2D eigenvalue weighted by atomic mass is 9.62. The zero-order chi connectivity index (χ0) is 20.0. The molecular weight excluding hydrogens is 334 g/mol. The SMILES string of the molecule is CC(=Cc1cc2c(cc1C)C(C)(C)CCC2(C)C)c1ccc(C(=O)O)nc1. The van der Waals surface area contributed by atoms with E-state index in [1.165, 1.54) is 35.1 Å². The molecule has 1 aromatic carbocycles. The standard InChI is InChI=1S/C24H29NO2/c1-15(17-7-8-21(22(26)27)25-14-17)11-18-13-20-19(12-16(18)2)23(3,4)9-10-24(20,5)6/h7-8,11-14H,9-10H2,1-6H3,(H,26,27). The van der Waals surface area contributed by atoms with Crippen molar-refractivity contribution in [2.75, 3.05) is 0 Å². The van der Waals surface area contributed by atoms with Crippen molar-refractivity contribution in [3.05, 3.63) is 64.0 Å². The maximum atomic E-state index is 11.0. The van der Waals surface area contributed by atoms with E-state index in [4.69, 9.17) is 5.11 Å². The number of hydrogen-bond donors (Lipinski definition) is 1. The molecule has 27 heavy (non-hydrogen) atoms. The molecule has 3 heteroatoms. The van der Waals surface area contributed by atoms with Gasteiger partial charge in [0.25, 0.3) is 0 Å². The Hall–Kier alpha value is -2.42. The van der Waals surface area contributed by atoms with Crippen LogP contribution >= 0.6 is 0 Å². The number of aromatic carboxylic acids is 1. The van der Waals surface area contributed by atoms with Gasteiger partial charge in [-0.1, -0.05) is 52.0 Å². The lowest BCUT2D eigenvalue weighted by Crippen LogP contribution is -2.34. The van der Waals surface area contributed by atoms with Crippen molar-refractivity contribution in [3.8, 4) is 0 Å². The quantitative estimate of drug-likeness (QED) is 0.728. The van der Waals surface area contributed by atoms with Gasteiger partial charge in [-0.15, -0.1) is 0 Å². The lowest BCUT2D eigenvalue weighted by molar-refractivity contribution is 0.0690. The second kappa shape index (κ2) is 6.63. The van der Waals surface area contributed by atoms with Gasteiger partial charge in [-0.3, -0.25) is 0 Å². The molecule has 0 radical (unpaired) electrons. The maximum absolute atomic E-state index is 11.0. The van der Waals surface area contributed by atoms with Crippen LogP contribution in [0.1, 0.15) is 85.8 Å². The Bertz CT molecular complexity index is 918. The highest BCUT2D eigenvalue weighted by atomic mass is 16.4. The Balaban J connectivity index is 2.05. The van der Waals surface area contributed by atoms with Crippen molar-refractivity contribution in [1.29, 1.82) is 0 Å². The van der Waals surface area contributed by atoms with E-state index in [-0.39, 0.29) is 16.5 Å². The average molecular weight is 364 g/mol. The van der Waals surface area contributed by atoms with Crippen molar-refractivity contribution in [2.24, 2.45) is 0 Å². The highest BCUT2D eigenvalue weighted by Crippen LogP contribution is 2.46. The van der Waals surface area contributed by atoms with Crippen LogP contribution < -0.4 is 0 Å². The summed E-state index contributed by atoms with van der Waals surface area (Å²) in [5.74, 6) is -1.00. The molecule has 0 aliphatic heterocycles. The molecule has 0 saturated heterocycles. The van der Waals surface area contributed by atoms with Crippen molar-refractivity contribution in [2.45, 2.75) is 65.2 Å². The first-order valence-electron chi connectivity index (χ1n) is 9.55. The van der Waals surface area contributed by atoms with E-state index in [1.54, 1.807) is 12.3 Å². The number of nitrogens with zero attached hydrogens (tertiary/aromatic N) is 1.